The molecule has 2 aromatic heterocycles. The number of piperidine rings is 1. The van der Waals surface area contributed by atoms with Crippen LogP contribution in [0, 0.1) is 0 Å². The number of nitrogens with zero attached hydrogens (tertiary/aromatic N) is 4. The lowest BCUT2D eigenvalue weighted by Gasteiger charge is -2.32. The number of hydrogen-bond acceptors (Lipinski definition) is 6. The third-order valence-electron chi connectivity index (χ3n) is 5.08. The number of likely N-dealkylation sites (tertiary alicyclic amines) is 1. The second-order valence-corrected chi connectivity index (χ2v) is 7.62. The maximum atomic E-state index is 12.7. The summed E-state index contributed by atoms with van der Waals surface area (Å²) in [7, 11) is 0. The molecule has 26 heavy (non-hydrogen) atoms. The molecule has 2 fully saturated rings. The highest BCUT2D eigenvalue weighted by Gasteiger charge is 2.25. The number of hydrogen-bond donors (Lipinski definition) is 0. The number of aromatic nitrogens is 2. The average molecular weight is 372 g/mol. The quantitative estimate of drug-likeness (QED) is 0.825. The Morgan fingerprint density at radius 2 is 2.15 bits per heavy atom. The van der Waals surface area contributed by atoms with Crippen molar-refractivity contribution in [3.63, 3.8) is 0 Å². The van der Waals surface area contributed by atoms with Gasteiger partial charge in [-0.05, 0) is 31.5 Å². The van der Waals surface area contributed by atoms with E-state index in [1.807, 2.05) is 22.5 Å². The fraction of sp³-hybridized carbons (Fsp3) is 0.526. The van der Waals surface area contributed by atoms with Crippen molar-refractivity contribution >= 4 is 17.2 Å². The van der Waals surface area contributed by atoms with Crippen molar-refractivity contribution in [1.82, 2.24) is 19.8 Å². The van der Waals surface area contributed by atoms with Gasteiger partial charge in [0.1, 0.15) is 5.69 Å². The number of carbonyl (C=O) groups excluding carboxylic acids is 1. The molecule has 0 saturated carbocycles. The molecule has 138 valence electrons. The molecule has 2 aliphatic heterocycles. The van der Waals surface area contributed by atoms with E-state index in [1.54, 1.807) is 11.3 Å². The van der Waals surface area contributed by atoms with Crippen LogP contribution < -0.4 is 0 Å². The number of morpholine rings is 1. The highest BCUT2D eigenvalue weighted by molar-refractivity contribution is 7.07. The van der Waals surface area contributed by atoms with Crippen molar-refractivity contribution in [3.8, 4) is 0 Å². The Bertz CT molecular complexity index is 731. The maximum absolute atomic E-state index is 12.7. The molecule has 6 nitrogen and oxygen atoms in total. The van der Waals surface area contributed by atoms with Gasteiger partial charge in [-0.25, -0.2) is 9.97 Å². The van der Waals surface area contributed by atoms with Crippen LogP contribution in [0.4, 0.5) is 0 Å². The van der Waals surface area contributed by atoms with Crippen molar-refractivity contribution in [3.05, 3.63) is 46.2 Å². The predicted molar refractivity (Wildman–Crippen MR) is 100 cm³/mol. The van der Waals surface area contributed by atoms with Gasteiger partial charge in [-0.2, -0.15) is 0 Å². The number of ether oxygens (including phenoxy) is 1. The fourth-order valence-corrected chi connectivity index (χ4v) is 4.26. The molecule has 4 heterocycles. The molecular weight excluding hydrogens is 348 g/mol. The molecule has 1 amide bonds. The minimum atomic E-state index is 0.0188. The largest absolute Gasteiger partial charge is 0.378 e. The number of rotatable bonds is 4. The van der Waals surface area contributed by atoms with E-state index in [9.17, 15) is 4.79 Å². The van der Waals surface area contributed by atoms with Crippen LogP contribution in [0.3, 0.4) is 0 Å². The van der Waals surface area contributed by atoms with Crippen LogP contribution in [0.25, 0.3) is 0 Å². The molecule has 0 bridgehead atoms. The zero-order valence-corrected chi connectivity index (χ0v) is 15.7. The molecule has 0 radical (unpaired) electrons. The van der Waals surface area contributed by atoms with Crippen LogP contribution in [0.1, 0.15) is 40.6 Å². The number of amides is 1. The van der Waals surface area contributed by atoms with Gasteiger partial charge >= 0.3 is 0 Å². The molecule has 2 aromatic rings. The molecule has 1 atom stereocenters. The van der Waals surface area contributed by atoms with Gasteiger partial charge in [0.25, 0.3) is 5.91 Å². The van der Waals surface area contributed by atoms with Crippen LogP contribution in [0.5, 0.6) is 0 Å². The van der Waals surface area contributed by atoms with Gasteiger partial charge in [0, 0.05) is 43.2 Å². The average Bonchev–Trinajstić information content (AvgIpc) is 3.21. The smallest absolute Gasteiger partial charge is 0.272 e. The fourth-order valence-electron chi connectivity index (χ4n) is 3.71. The Morgan fingerprint density at radius 1 is 1.27 bits per heavy atom. The van der Waals surface area contributed by atoms with E-state index in [0.717, 1.165) is 43.9 Å². The summed E-state index contributed by atoms with van der Waals surface area (Å²) < 4.78 is 5.34. The second-order valence-electron chi connectivity index (χ2n) is 6.91. The summed E-state index contributed by atoms with van der Waals surface area (Å²) in [5, 5.41) is 2.11. The summed E-state index contributed by atoms with van der Waals surface area (Å²) in [6.45, 7) is 5.48. The molecule has 2 aliphatic rings. The Kier molecular flexibility index (Phi) is 5.57. The molecule has 0 N–H and O–H groups in total. The van der Waals surface area contributed by atoms with Gasteiger partial charge < -0.3 is 9.64 Å². The van der Waals surface area contributed by atoms with Gasteiger partial charge in [0.2, 0.25) is 0 Å². The van der Waals surface area contributed by atoms with Crippen molar-refractivity contribution in [1.29, 1.82) is 0 Å². The van der Waals surface area contributed by atoms with Crippen LogP contribution >= 0.6 is 11.3 Å². The molecule has 7 heteroatoms. The third kappa shape index (κ3) is 4.11. The first-order chi connectivity index (χ1) is 12.8. The van der Waals surface area contributed by atoms with Crippen LogP contribution in [-0.2, 0) is 11.3 Å². The summed E-state index contributed by atoms with van der Waals surface area (Å²) >= 11 is 1.64. The standard InChI is InChI=1S/C19H24N4O2S/c24-19(23-7-9-25-10-8-23)18-5-1-4-17(21-18)15-3-2-6-22(11-15)12-16-13-26-14-20-16/h1,4-5,13-15H,2-3,6-12H2/t15-/m0/s1. The first kappa shape index (κ1) is 17.6. The van der Waals surface area contributed by atoms with Gasteiger partial charge in [0.05, 0.1) is 24.4 Å². The van der Waals surface area contributed by atoms with E-state index >= 15 is 0 Å². The van der Waals surface area contributed by atoms with Gasteiger partial charge in [-0.15, -0.1) is 11.3 Å². The zero-order valence-electron chi connectivity index (χ0n) is 14.8. The van der Waals surface area contributed by atoms with E-state index in [2.05, 4.69) is 21.3 Å². The maximum Gasteiger partial charge on any atom is 0.272 e. The van der Waals surface area contributed by atoms with E-state index in [0.29, 0.717) is 37.9 Å². The topological polar surface area (TPSA) is 58.6 Å². The Labute approximate surface area is 157 Å². The summed E-state index contributed by atoms with van der Waals surface area (Å²) in [6, 6.07) is 5.86. The van der Waals surface area contributed by atoms with Gasteiger partial charge in [0.15, 0.2) is 0 Å². The Hall–Kier alpha value is -1.83. The summed E-state index contributed by atoms with van der Waals surface area (Å²) in [6.07, 6.45) is 2.27. The summed E-state index contributed by atoms with van der Waals surface area (Å²) in [5.74, 6) is 0.394. The number of pyridine rings is 1. The molecule has 0 aromatic carbocycles. The van der Waals surface area contributed by atoms with Crippen LogP contribution in [0.2, 0.25) is 0 Å². The lowest BCUT2D eigenvalue weighted by Crippen LogP contribution is -2.41. The van der Waals surface area contributed by atoms with Crippen molar-refractivity contribution in [2.75, 3.05) is 39.4 Å². The van der Waals surface area contributed by atoms with E-state index in [1.165, 1.54) is 0 Å². The highest BCUT2D eigenvalue weighted by atomic mass is 32.1. The molecule has 0 spiro atoms. The monoisotopic (exact) mass is 372 g/mol. The van der Waals surface area contributed by atoms with Gasteiger partial charge in [-0.3, -0.25) is 9.69 Å². The number of carbonyl (C=O) groups is 1. The Balaban J connectivity index is 1.44. The minimum Gasteiger partial charge on any atom is -0.378 e. The van der Waals surface area contributed by atoms with Crippen molar-refractivity contribution in [2.24, 2.45) is 0 Å². The van der Waals surface area contributed by atoms with Gasteiger partial charge in [-0.1, -0.05) is 6.07 Å². The number of thiazole rings is 1. The van der Waals surface area contributed by atoms with Crippen molar-refractivity contribution < 1.29 is 9.53 Å². The molecule has 4 rings (SSSR count). The Morgan fingerprint density at radius 3 is 2.96 bits per heavy atom. The first-order valence-electron chi connectivity index (χ1n) is 9.23. The van der Waals surface area contributed by atoms with E-state index < -0.39 is 0 Å². The third-order valence-corrected chi connectivity index (χ3v) is 5.72. The summed E-state index contributed by atoms with van der Waals surface area (Å²) in [4.78, 5) is 26.1. The van der Waals surface area contributed by atoms with Crippen LogP contribution in [0.15, 0.2) is 29.1 Å². The normalized spacial score (nSPS) is 21.7. The molecule has 0 unspecified atom stereocenters. The van der Waals surface area contributed by atoms with Crippen molar-refractivity contribution in [2.45, 2.75) is 25.3 Å². The minimum absolute atomic E-state index is 0.0188. The second kappa shape index (κ2) is 8.24. The first-order valence-corrected chi connectivity index (χ1v) is 10.2. The van der Waals surface area contributed by atoms with Crippen LogP contribution in [-0.4, -0.2) is 65.1 Å². The van der Waals surface area contributed by atoms with E-state index in [4.69, 9.17) is 9.72 Å². The summed E-state index contributed by atoms with van der Waals surface area (Å²) in [5.41, 5.74) is 4.62. The molecule has 0 aliphatic carbocycles. The predicted octanol–water partition coefficient (Wildman–Crippen LogP) is 2.39. The molecular formula is C19H24N4O2S. The zero-order chi connectivity index (χ0) is 17.8. The highest BCUT2D eigenvalue weighted by Crippen LogP contribution is 2.27. The molecule has 2 saturated heterocycles. The lowest BCUT2D eigenvalue weighted by molar-refractivity contribution is 0.0298. The lowest BCUT2D eigenvalue weighted by atomic mass is 9.94. The SMILES string of the molecule is O=C(c1cccc([C@H]2CCCN(Cc3cscn3)C2)n1)N1CCOCC1. The van der Waals surface area contributed by atoms with E-state index in [-0.39, 0.29) is 5.91 Å².